The van der Waals surface area contributed by atoms with Crippen LogP contribution in [0.3, 0.4) is 0 Å². The van der Waals surface area contributed by atoms with Gasteiger partial charge in [-0.1, -0.05) is 12.1 Å². The third-order valence-electron chi connectivity index (χ3n) is 4.09. The monoisotopic (exact) mass is 245 g/mol. The SMILES string of the molecule is CC(=O)N1CC2(C1)CN(c1ccc(CN)cc1)C2. The Morgan fingerprint density at radius 1 is 1.22 bits per heavy atom. The fraction of sp³-hybridized carbons (Fsp3) is 0.500. The maximum Gasteiger partial charge on any atom is 0.219 e. The summed E-state index contributed by atoms with van der Waals surface area (Å²) in [6.45, 7) is 6.24. The number of amides is 1. The largest absolute Gasteiger partial charge is 0.370 e. The first kappa shape index (κ1) is 11.5. The molecule has 0 atom stereocenters. The van der Waals surface area contributed by atoms with Gasteiger partial charge in [-0.2, -0.15) is 0 Å². The quantitative estimate of drug-likeness (QED) is 0.839. The fourth-order valence-electron chi connectivity index (χ4n) is 2.97. The number of nitrogens with zero attached hydrogens (tertiary/aromatic N) is 2. The van der Waals surface area contributed by atoms with E-state index in [9.17, 15) is 4.79 Å². The summed E-state index contributed by atoms with van der Waals surface area (Å²) in [5, 5.41) is 0. The minimum atomic E-state index is 0.200. The van der Waals surface area contributed by atoms with Gasteiger partial charge in [0, 0.05) is 50.7 Å². The average Bonchev–Trinajstić information content (AvgIpc) is 2.25. The van der Waals surface area contributed by atoms with Crippen LogP contribution in [-0.4, -0.2) is 37.0 Å². The molecule has 0 saturated carbocycles. The maximum absolute atomic E-state index is 11.2. The molecule has 4 nitrogen and oxygen atoms in total. The van der Waals surface area contributed by atoms with Crippen molar-refractivity contribution in [1.29, 1.82) is 0 Å². The van der Waals surface area contributed by atoms with Gasteiger partial charge in [-0.05, 0) is 17.7 Å². The molecule has 0 radical (unpaired) electrons. The van der Waals surface area contributed by atoms with Crippen molar-refractivity contribution in [3.05, 3.63) is 29.8 Å². The summed E-state index contributed by atoms with van der Waals surface area (Å²) in [7, 11) is 0. The van der Waals surface area contributed by atoms with Crippen molar-refractivity contribution >= 4 is 11.6 Å². The second-order valence-electron chi connectivity index (χ2n) is 5.60. The summed E-state index contributed by atoms with van der Waals surface area (Å²) in [4.78, 5) is 15.5. The number of carbonyl (C=O) groups excluding carboxylic acids is 1. The molecule has 0 unspecified atom stereocenters. The topological polar surface area (TPSA) is 49.6 Å². The number of hydrogen-bond donors (Lipinski definition) is 1. The summed E-state index contributed by atoms with van der Waals surface area (Å²) in [5.74, 6) is 0.200. The van der Waals surface area contributed by atoms with Crippen molar-refractivity contribution in [2.75, 3.05) is 31.1 Å². The zero-order valence-electron chi connectivity index (χ0n) is 10.7. The van der Waals surface area contributed by atoms with E-state index in [1.54, 1.807) is 6.92 Å². The standard InChI is InChI=1S/C14H19N3O/c1-11(18)16-7-14(8-16)9-17(10-14)13-4-2-12(6-15)3-5-13/h2-5H,6-10,15H2,1H3. The van der Waals surface area contributed by atoms with Gasteiger partial charge in [0.25, 0.3) is 0 Å². The Kier molecular flexibility index (Phi) is 2.55. The molecule has 1 aromatic rings. The number of carbonyl (C=O) groups is 1. The van der Waals surface area contributed by atoms with Gasteiger partial charge in [-0.15, -0.1) is 0 Å². The van der Waals surface area contributed by atoms with Crippen LogP contribution in [0.4, 0.5) is 5.69 Å². The number of rotatable bonds is 2. The van der Waals surface area contributed by atoms with Crippen LogP contribution in [0.2, 0.25) is 0 Å². The number of likely N-dealkylation sites (tertiary alicyclic amines) is 1. The minimum Gasteiger partial charge on any atom is -0.370 e. The van der Waals surface area contributed by atoms with E-state index in [2.05, 4.69) is 29.2 Å². The summed E-state index contributed by atoms with van der Waals surface area (Å²) in [5.41, 5.74) is 8.39. The molecule has 0 aliphatic carbocycles. The molecule has 96 valence electrons. The van der Waals surface area contributed by atoms with Gasteiger partial charge < -0.3 is 15.5 Å². The van der Waals surface area contributed by atoms with E-state index in [0.29, 0.717) is 12.0 Å². The van der Waals surface area contributed by atoms with Crippen LogP contribution in [-0.2, 0) is 11.3 Å². The smallest absolute Gasteiger partial charge is 0.219 e. The Labute approximate surface area is 107 Å². The van der Waals surface area contributed by atoms with Gasteiger partial charge in [0.1, 0.15) is 0 Å². The summed E-state index contributed by atoms with van der Waals surface area (Å²) >= 11 is 0. The van der Waals surface area contributed by atoms with Crippen LogP contribution < -0.4 is 10.6 Å². The van der Waals surface area contributed by atoms with Gasteiger partial charge in [-0.3, -0.25) is 4.79 Å². The molecule has 1 amide bonds. The number of nitrogens with two attached hydrogens (primary N) is 1. The summed E-state index contributed by atoms with van der Waals surface area (Å²) in [6, 6.07) is 8.44. The second kappa shape index (κ2) is 3.99. The maximum atomic E-state index is 11.2. The van der Waals surface area contributed by atoms with Crippen LogP contribution >= 0.6 is 0 Å². The third kappa shape index (κ3) is 1.77. The molecule has 4 heteroatoms. The molecule has 2 aliphatic rings. The highest BCUT2D eigenvalue weighted by Crippen LogP contribution is 2.41. The third-order valence-corrected chi connectivity index (χ3v) is 4.09. The van der Waals surface area contributed by atoms with Crippen LogP contribution in [0.1, 0.15) is 12.5 Å². The van der Waals surface area contributed by atoms with E-state index < -0.39 is 0 Å². The van der Waals surface area contributed by atoms with Gasteiger partial charge in [0.2, 0.25) is 5.91 Å². The Morgan fingerprint density at radius 3 is 2.33 bits per heavy atom. The molecule has 2 N–H and O–H groups in total. The molecule has 0 aromatic heterocycles. The van der Waals surface area contributed by atoms with Crippen LogP contribution in [0.5, 0.6) is 0 Å². The normalized spacial score (nSPS) is 20.6. The van der Waals surface area contributed by atoms with E-state index in [0.717, 1.165) is 26.2 Å². The van der Waals surface area contributed by atoms with E-state index in [4.69, 9.17) is 5.73 Å². The van der Waals surface area contributed by atoms with Crippen LogP contribution in [0, 0.1) is 5.41 Å². The highest BCUT2D eigenvalue weighted by Gasteiger charge is 2.52. The molecule has 18 heavy (non-hydrogen) atoms. The number of anilines is 1. The molecule has 2 fully saturated rings. The highest BCUT2D eigenvalue weighted by molar-refractivity contribution is 5.74. The van der Waals surface area contributed by atoms with Gasteiger partial charge in [0.05, 0.1) is 0 Å². The van der Waals surface area contributed by atoms with Crippen LogP contribution in [0.25, 0.3) is 0 Å². The lowest BCUT2D eigenvalue weighted by Crippen LogP contribution is -2.72. The number of benzene rings is 1. The van der Waals surface area contributed by atoms with Crippen molar-refractivity contribution in [2.45, 2.75) is 13.5 Å². The van der Waals surface area contributed by atoms with Gasteiger partial charge >= 0.3 is 0 Å². The van der Waals surface area contributed by atoms with E-state index >= 15 is 0 Å². The Hall–Kier alpha value is -1.55. The molecule has 2 aliphatic heterocycles. The lowest BCUT2D eigenvalue weighted by molar-refractivity contribution is -0.142. The van der Waals surface area contributed by atoms with E-state index in [-0.39, 0.29) is 5.91 Å². The van der Waals surface area contributed by atoms with Crippen molar-refractivity contribution < 1.29 is 4.79 Å². The lowest BCUT2D eigenvalue weighted by Gasteiger charge is -2.60. The summed E-state index contributed by atoms with van der Waals surface area (Å²) in [6.07, 6.45) is 0. The van der Waals surface area contributed by atoms with E-state index in [1.165, 1.54) is 11.3 Å². The molecular formula is C14H19N3O. The van der Waals surface area contributed by atoms with Crippen molar-refractivity contribution in [3.8, 4) is 0 Å². The van der Waals surface area contributed by atoms with Crippen molar-refractivity contribution in [3.63, 3.8) is 0 Å². The Bertz CT molecular complexity index is 454. The molecule has 2 saturated heterocycles. The fourth-order valence-corrected chi connectivity index (χ4v) is 2.97. The average molecular weight is 245 g/mol. The highest BCUT2D eigenvalue weighted by atomic mass is 16.2. The van der Waals surface area contributed by atoms with Crippen molar-refractivity contribution in [2.24, 2.45) is 11.1 Å². The molecule has 2 heterocycles. The first-order valence-electron chi connectivity index (χ1n) is 6.41. The Morgan fingerprint density at radius 2 is 1.83 bits per heavy atom. The zero-order chi connectivity index (χ0) is 12.8. The predicted octanol–water partition coefficient (Wildman–Crippen LogP) is 0.814. The van der Waals surface area contributed by atoms with Gasteiger partial charge in [0.15, 0.2) is 0 Å². The zero-order valence-corrected chi connectivity index (χ0v) is 10.7. The second-order valence-corrected chi connectivity index (χ2v) is 5.60. The Balaban J connectivity index is 1.57. The van der Waals surface area contributed by atoms with Gasteiger partial charge in [-0.25, -0.2) is 0 Å². The first-order valence-corrected chi connectivity index (χ1v) is 6.41. The number of hydrogen-bond acceptors (Lipinski definition) is 3. The molecule has 0 bridgehead atoms. The molecule has 1 aromatic carbocycles. The predicted molar refractivity (Wildman–Crippen MR) is 71.2 cm³/mol. The lowest BCUT2D eigenvalue weighted by atomic mass is 9.72. The summed E-state index contributed by atoms with van der Waals surface area (Å²) < 4.78 is 0. The van der Waals surface area contributed by atoms with Crippen molar-refractivity contribution in [1.82, 2.24) is 4.90 Å². The minimum absolute atomic E-state index is 0.200. The molecular weight excluding hydrogens is 226 g/mol. The van der Waals surface area contributed by atoms with Crippen LogP contribution in [0.15, 0.2) is 24.3 Å². The van der Waals surface area contributed by atoms with E-state index in [1.807, 2.05) is 4.90 Å². The first-order chi connectivity index (χ1) is 8.62. The molecule has 3 rings (SSSR count). The molecule has 1 spiro atoms.